The second kappa shape index (κ2) is 5.29. The summed E-state index contributed by atoms with van der Waals surface area (Å²) in [5.74, 6) is 0.256. The van der Waals surface area contributed by atoms with Gasteiger partial charge in [0.15, 0.2) is 0 Å². The fraction of sp³-hybridized carbons (Fsp3) is 0.500. The highest BCUT2D eigenvalue weighted by atomic mass is 35.5. The second-order valence-electron chi connectivity index (χ2n) is 5.00. The Morgan fingerprint density at radius 3 is 2.89 bits per heavy atom. The van der Waals surface area contributed by atoms with Crippen LogP contribution < -0.4 is 0 Å². The van der Waals surface area contributed by atoms with Crippen molar-refractivity contribution in [3.63, 3.8) is 0 Å². The lowest BCUT2D eigenvalue weighted by Crippen LogP contribution is -2.39. The molecule has 3 nitrogen and oxygen atoms in total. The lowest BCUT2D eigenvalue weighted by atomic mass is 10.0. The molecule has 2 rings (SSSR count). The number of aryl methyl sites for hydroxylation is 1. The topological polar surface area (TPSA) is 40.5 Å². The number of carbonyl (C=O) groups excluding carboxylic acids is 1. The van der Waals surface area contributed by atoms with Gasteiger partial charge in [-0.2, -0.15) is 0 Å². The number of benzene rings is 1. The van der Waals surface area contributed by atoms with Crippen LogP contribution in [0.2, 0.25) is 5.02 Å². The molecule has 1 fully saturated rings. The molecule has 4 heteroatoms. The minimum absolute atomic E-state index is 0.0103. The summed E-state index contributed by atoms with van der Waals surface area (Å²) in [5, 5.41) is 9.87. The average molecular weight is 268 g/mol. The first-order valence-electron chi connectivity index (χ1n) is 6.22. The molecule has 1 amide bonds. The molecule has 0 radical (unpaired) electrons. The number of hydrogen-bond acceptors (Lipinski definition) is 2. The molecule has 0 spiro atoms. The van der Waals surface area contributed by atoms with Crippen LogP contribution in [0.1, 0.15) is 29.3 Å². The number of halogens is 1. The molecule has 2 unspecified atom stereocenters. The SMILES string of the molecule is Cc1ccc(C(=O)N2CCC(C)C2CO)c(Cl)c1. The van der Waals surface area contributed by atoms with Crippen molar-refractivity contribution in [2.45, 2.75) is 26.3 Å². The second-order valence-corrected chi connectivity index (χ2v) is 5.40. The van der Waals surface area contributed by atoms with Crippen molar-refractivity contribution >= 4 is 17.5 Å². The molecule has 0 saturated carbocycles. The van der Waals surface area contributed by atoms with E-state index in [1.54, 1.807) is 17.0 Å². The molecular formula is C14H18ClNO2. The van der Waals surface area contributed by atoms with Crippen LogP contribution in [-0.4, -0.2) is 35.1 Å². The zero-order chi connectivity index (χ0) is 13.3. The number of aliphatic hydroxyl groups excluding tert-OH is 1. The van der Waals surface area contributed by atoms with Gasteiger partial charge in [-0.1, -0.05) is 24.6 Å². The first kappa shape index (κ1) is 13.4. The molecule has 1 saturated heterocycles. The summed E-state index contributed by atoms with van der Waals surface area (Å²) in [6, 6.07) is 5.35. The van der Waals surface area contributed by atoms with Crippen molar-refractivity contribution in [2.24, 2.45) is 5.92 Å². The third-order valence-electron chi connectivity index (χ3n) is 3.69. The van der Waals surface area contributed by atoms with Crippen molar-refractivity contribution in [1.29, 1.82) is 0 Å². The Hall–Kier alpha value is -1.06. The van der Waals surface area contributed by atoms with E-state index in [0.29, 0.717) is 23.0 Å². The first-order chi connectivity index (χ1) is 8.54. The van der Waals surface area contributed by atoms with Gasteiger partial charge in [0.25, 0.3) is 5.91 Å². The van der Waals surface area contributed by atoms with Crippen molar-refractivity contribution < 1.29 is 9.90 Å². The Kier molecular flexibility index (Phi) is 3.93. The maximum Gasteiger partial charge on any atom is 0.255 e. The van der Waals surface area contributed by atoms with E-state index in [0.717, 1.165) is 12.0 Å². The normalized spacial score (nSPS) is 23.4. The molecule has 1 N–H and O–H groups in total. The van der Waals surface area contributed by atoms with E-state index in [-0.39, 0.29) is 18.6 Å². The summed E-state index contributed by atoms with van der Waals surface area (Å²) < 4.78 is 0. The first-order valence-corrected chi connectivity index (χ1v) is 6.60. The van der Waals surface area contributed by atoms with Gasteiger partial charge in [0.2, 0.25) is 0 Å². The Morgan fingerprint density at radius 2 is 2.28 bits per heavy atom. The van der Waals surface area contributed by atoms with Gasteiger partial charge in [-0.15, -0.1) is 0 Å². The minimum atomic E-state index is -0.0881. The van der Waals surface area contributed by atoms with Crippen LogP contribution in [-0.2, 0) is 0 Å². The Bertz CT molecular complexity index is 461. The maximum atomic E-state index is 12.4. The highest BCUT2D eigenvalue weighted by molar-refractivity contribution is 6.33. The smallest absolute Gasteiger partial charge is 0.255 e. The van der Waals surface area contributed by atoms with Gasteiger partial charge < -0.3 is 10.0 Å². The maximum absolute atomic E-state index is 12.4. The fourth-order valence-corrected chi connectivity index (χ4v) is 2.80. The Morgan fingerprint density at radius 1 is 1.56 bits per heavy atom. The zero-order valence-corrected chi connectivity index (χ0v) is 11.4. The number of hydrogen-bond donors (Lipinski definition) is 1. The lowest BCUT2D eigenvalue weighted by molar-refractivity contribution is 0.0648. The number of nitrogens with zero attached hydrogens (tertiary/aromatic N) is 1. The molecule has 18 heavy (non-hydrogen) atoms. The molecule has 1 aromatic carbocycles. The van der Waals surface area contributed by atoms with E-state index in [9.17, 15) is 9.90 Å². The van der Waals surface area contributed by atoms with E-state index in [2.05, 4.69) is 6.92 Å². The van der Waals surface area contributed by atoms with Gasteiger partial charge in [-0.25, -0.2) is 0 Å². The molecule has 0 aromatic heterocycles. The van der Waals surface area contributed by atoms with E-state index in [1.807, 2.05) is 13.0 Å². The van der Waals surface area contributed by atoms with Gasteiger partial charge >= 0.3 is 0 Å². The van der Waals surface area contributed by atoms with E-state index in [1.165, 1.54) is 0 Å². The van der Waals surface area contributed by atoms with Crippen LogP contribution >= 0.6 is 11.6 Å². The quantitative estimate of drug-likeness (QED) is 0.894. The summed E-state index contributed by atoms with van der Waals surface area (Å²) >= 11 is 6.12. The monoisotopic (exact) mass is 267 g/mol. The van der Waals surface area contributed by atoms with E-state index < -0.39 is 0 Å². The molecule has 0 bridgehead atoms. The van der Waals surface area contributed by atoms with Crippen LogP contribution in [0.5, 0.6) is 0 Å². The number of likely N-dealkylation sites (tertiary alicyclic amines) is 1. The summed E-state index contributed by atoms with van der Waals surface area (Å²) in [6.07, 6.45) is 0.931. The molecule has 1 aliphatic heterocycles. The number of carbonyl (C=O) groups is 1. The summed E-state index contributed by atoms with van der Waals surface area (Å²) in [5.41, 5.74) is 1.56. The molecule has 2 atom stereocenters. The molecule has 1 aromatic rings. The molecule has 1 aliphatic rings. The predicted molar refractivity (Wildman–Crippen MR) is 71.9 cm³/mol. The van der Waals surface area contributed by atoms with Gasteiger partial charge in [0, 0.05) is 6.54 Å². The largest absolute Gasteiger partial charge is 0.394 e. The van der Waals surface area contributed by atoms with Crippen LogP contribution in [0.4, 0.5) is 0 Å². The van der Waals surface area contributed by atoms with Gasteiger partial charge in [0.1, 0.15) is 0 Å². The van der Waals surface area contributed by atoms with Crippen molar-refractivity contribution in [3.8, 4) is 0 Å². The summed E-state index contributed by atoms with van der Waals surface area (Å²) in [4.78, 5) is 14.2. The average Bonchev–Trinajstić information content (AvgIpc) is 2.69. The van der Waals surface area contributed by atoms with Crippen LogP contribution in [0.25, 0.3) is 0 Å². The van der Waals surface area contributed by atoms with Crippen molar-refractivity contribution in [2.75, 3.05) is 13.2 Å². The third-order valence-corrected chi connectivity index (χ3v) is 4.00. The third kappa shape index (κ3) is 2.38. The lowest BCUT2D eigenvalue weighted by Gasteiger charge is -2.25. The van der Waals surface area contributed by atoms with E-state index in [4.69, 9.17) is 11.6 Å². The van der Waals surface area contributed by atoms with E-state index >= 15 is 0 Å². The minimum Gasteiger partial charge on any atom is -0.394 e. The molecule has 98 valence electrons. The van der Waals surface area contributed by atoms with Gasteiger partial charge in [-0.3, -0.25) is 4.79 Å². The molecule has 0 aliphatic carbocycles. The van der Waals surface area contributed by atoms with Crippen molar-refractivity contribution in [3.05, 3.63) is 34.3 Å². The standard InChI is InChI=1S/C14H18ClNO2/c1-9-3-4-11(12(15)7-9)14(18)16-6-5-10(2)13(16)8-17/h3-4,7,10,13,17H,5-6,8H2,1-2H3. The zero-order valence-electron chi connectivity index (χ0n) is 10.7. The van der Waals surface area contributed by atoms with Crippen LogP contribution in [0.15, 0.2) is 18.2 Å². The van der Waals surface area contributed by atoms with Gasteiger partial charge in [0.05, 0.1) is 23.2 Å². The van der Waals surface area contributed by atoms with Gasteiger partial charge in [-0.05, 0) is 37.0 Å². The Balaban J connectivity index is 2.26. The van der Waals surface area contributed by atoms with Crippen LogP contribution in [0.3, 0.4) is 0 Å². The molecular weight excluding hydrogens is 250 g/mol. The van der Waals surface area contributed by atoms with Crippen molar-refractivity contribution in [1.82, 2.24) is 4.90 Å². The number of amides is 1. The summed E-state index contributed by atoms with van der Waals surface area (Å²) in [7, 11) is 0. The van der Waals surface area contributed by atoms with Crippen LogP contribution in [0, 0.1) is 12.8 Å². The summed E-state index contributed by atoms with van der Waals surface area (Å²) in [6.45, 7) is 4.70. The molecule has 1 heterocycles. The predicted octanol–water partition coefficient (Wildman–Crippen LogP) is 2.49. The Labute approximate surface area is 112 Å². The number of rotatable bonds is 2. The highest BCUT2D eigenvalue weighted by Gasteiger charge is 2.34. The number of aliphatic hydroxyl groups is 1. The highest BCUT2D eigenvalue weighted by Crippen LogP contribution is 2.27. The fourth-order valence-electron chi connectivity index (χ4n) is 2.49.